The smallest absolute Gasteiger partial charge is 0.325 e. The van der Waals surface area contributed by atoms with Gasteiger partial charge in [-0.25, -0.2) is 4.79 Å². The van der Waals surface area contributed by atoms with Gasteiger partial charge in [-0.2, -0.15) is 0 Å². The molecule has 0 aromatic heterocycles. The molecule has 3 aliphatic rings. The summed E-state index contributed by atoms with van der Waals surface area (Å²) >= 11 is 0. The van der Waals surface area contributed by atoms with Crippen molar-refractivity contribution in [3.8, 4) is 11.5 Å². The summed E-state index contributed by atoms with van der Waals surface area (Å²) in [6.45, 7) is 1.24. The van der Waals surface area contributed by atoms with Gasteiger partial charge in [-0.05, 0) is 25.0 Å². The largest absolute Gasteiger partial charge is 0.490 e. The molecule has 8 nitrogen and oxygen atoms in total. The highest BCUT2D eigenvalue weighted by atomic mass is 16.5. The first-order valence-electron chi connectivity index (χ1n) is 9.41. The van der Waals surface area contributed by atoms with Gasteiger partial charge in [0, 0.05) is 31.1 Å². The minimum absolute atomic E-state index is 0.0453. The van der Waals surface area contributed by atoms with E-state index in [4.69, 9.17) is 9.47 Å². The molecule has 4 amide bonds. The molecule has 0 radical (unpaired) electrons. The van der Waals surface area contributed by atoms with Crippen molar-refractivity contribution in [2.24, 2.45) is 0 Å². The average Bonchev–Trinajstić information content (AvgIpc) is 3.11. The first kappa shape index (κ1) is 17.6. The Balaban J connectivity index is 1.34. The quantitative estimate of drug-likeness (QED) is 0.788. The molecule has 1 saturated heterocycles. The lowest BCUT2D eigenvalue weighted by Gasteiger charge is -2.19. The van der Waals surface area contributed by atoms with Crippen LogP contribution in [0.15, 0.2) is 18.2 Å². The molecule has 1 aliphatic carbocycles. The fraction of sp³-hybridized carbons (Fsp3) is 0.526. The fourth-order valence-corrected chi connectivity index (χ4v) is 3.87. The molecule has 0 bridgehead atoms. The Morgan fingerprint density at radius 1 is 1.11 bits per heavy atom. The van der Waals surface area contributed by atoms with Crippen molar-refractivity contribution in [1.29, 1.82) is 0 Å². The predicted molar refractivity (Wildman–Crippen MR) is 96.7 cm³/mol. The molecule has 4 rings (SSSR count). The number of fused-ring (bicyclic) bond motifs is 1. The summed E-state index contributed by atoms with van der Waals surface area (Å²) in [6, 6.07) is 4.83. The number of hydrogen-bond acceptors (Lipinski definition) is 5. The van der Waals surface area contributed by atoms with E-state index in [1.54, 1.807) is 18.2 Å². The number of nitrogens with one attached hydrogen (secondary N) is 2. The third-order valence-electron chi connectivity index (χ3n) is 5.30. The van der Waals surface area contributed by atoms with Gasteiger partial charge in [0.1, 0.15) is 5.54 Å². The van der Waals surface area contributed by atoms with Crippen LogP contribution in [0.5, 0.6) is 11.5 Å². The minimum atomic E-state index is -0.734. The van der Waals surface area contributed by atoms with E-state index < -0.39 is 11.6 Å². The highest BCUT2D eigenvalue weighted by Gasteiger charge is 2.52. The Morgan fingerprint density at radius 2 is 1.85 bits per heavy atom. The Bertz CT molecular complexity index is 773. The zero-order chi connectivity index (χ0) is 18.9. The fourth-order valence-electron chi connectivity index (χ4n) is 3.87. The van der Waals surface area contributed by atoms with Crippen molar-refractivity contribution in [1.82, 2.24) is 10.2 Å². The van der Waals surface area contributed by atoms with Crippen LogP contribution in [0.2, 0.25) is 0 Å². The lowest BCUT2D eigenvalue weighted by Crippen LogP contribution is -2.44. The number of urea groups is 1. The molecular formula is C19H23N3O5. The SMILES string of the molecule is O=C(CCN1C(=O)NC2(CCCC2)C1=O)Nc1ccc2c(c1)OCCCO2. The summed E-state index contributed by atoms with van der Waals surface area (Å²) in [6.07, 6.45) is 4.08. The first-order valence-corrected chi connectivity index (χ1v) is 9.41. The standard InChI is InChI=1S/C19H23N3O5/c23-16(20-13-4-5-14-15(12-13)27-11-3-10-26-14)6-9-22-17(24)19(21-18(22)25)7-1-2-8-19/h4-5,12H,1-3,6-11H2,(H,20,23)(H,21,25). The zero-order valence-electron chi connectivity index (χ0n) is 15.1. The Labute approximate surface area is 157 Å². The van der Waals surface area contributed by atoms with E-state index in [0.29, 0.717) is 43.2 Å². The van der Waals surface area contributed by atoms with Gasteiger partial charge in [0.2, 0.25) is 5.91 Å². The summed E-state index contributed by atoms with van der Waals surface area (Å²) in [5.41, 5.74) is -0.143. The molecule has 1 spiro atoms. The number of hydrogen-bond donors (Lipinski definition) is 2. The topological polar surface area (TPSA) is 97.0 Å². The van der Waals surface area contributed by atoms with Gasteiger partial charge in [-0.1, -0.05) is 12.8 Å². The van der Waals surface area contributed by atoms with Crippen molar-refractivity contribution in [3.63, 3.8) is 0 Å². The van der Waals surface area contributed by atoms with Gasteiger partial charge in [0.15, 0.2) is 11.5 Å². The number of anilines is 1. The number of rotatable bonds is 4. The molecule has 1 aromatic carbocycles. The summed E-state index contributed by atoms with van der Waals surface area (Å²) in [5.74, 6) is 0.792. The monoisotopic (exact) mass is 373 g/mol. The van der Waals surface area contributed by atoms with Crippen LogP contribution in [0, 0.1) is 0 Å². The maximum atomic E-state index is 12.6. The number of imide groups is 1. The number of nitrogens with zero attached hydrogens (tertiary/aromatic N) is 1. The van der Waals surface area contributed by atoms with Gasteiger partial charge in [-0.15, -0.1) is 0 Å². The highest BCUT2D eigenvalue weighted by molar-refractivity contribution is 6.07. The van der Waals surface area contributed by atoms with Crippen LogP contribution in [-0.2, 0) is 9.59 Å². The molecule has 8 heteroatoms. The summed E-state index contributed by atoms with van der Waals surface area (Å²) < 4.78 is 11.2. The lowest BCUT2D eigenvalue weighted by atomic mass is 9.98. The van der Waals surface area contributed by atoms with E-state index >= 15 is 0 Å². The van der Waals surface area contributed by atoms with E-state index in [-0.39, 0.29) is 24.8 Å². The van der Waals surface area contributed by atoms with Crippen LogP contribution in [0.1, 0.15) is 38.5 Å². The molecule has 2 aliphatic heterocycles. The molecule has 144 valence electrons. The number of ether oxygens (including phenoxy) is 2. The molecule has 27 heavy (non-hydrogen) atoms. The van der Waals surface area contributed by atoms with Crippen LogP contribution in [0.3, 0.4) is 0 Å². The number of amides is 4. The van der Waals surface area contributed by atoms with Gasteiger partial charge in [0.05, 0.1) is 13.2 Å². The zero-order valence-corrected chi connectivity index (χ0v) is 15.1. The van der Waals surface area contributed by atoms with Crippen LogP contribution in [0.25, 0.3) is 0 Å². The second-order valence-electron chi connectivity index (χ2n) is 7.19. The van der Waals surface area contributed by atoms with Gasteiger partial charge < -0.3 is 20.1 Å². The van der Waals surface area contributed by atoms with Crippen LogP contribution in [-0.4, -0.2) is 48.0 Å². The molecular weight excluding hydrogens is 350 g/mol. The first-order chi connectivity index (χ1) is 13.1. The van der Waals surface area contributed by atoms with Crippen molar-refractivity contribution in [2.45, 2.75) is 44.1 Å². The Hall–Kier alpha value is -2.77. The maximum Gasteiger partial charge on any atom is 0.325 e. The minimum Gasteiger partial charge on any atom is -0.490 e. The predicted octanol–water partition coefficient (Wildman–Crippen LogP) is 2.04. The second-order valence-corrected chi connectivity index (χ2v) is 7.19. The van der Waals surface area contributed by atoms with Gasteiger partial charge >= 0.3 is 6.03 Å². The summed E-state index contributed by atoms with van der Waals surface area (Å²) in [4.78, 5) is 38.2. The normalized spacial score (nSPS) is 20.5. The molecule has 1 aromatic rings. The Kier molecular flexibility index (Phi) is 4.63. The van der Waals surface area contributed by atoms with Crippen molar-refractivity contribution < 1.29 is 23.9 Å². The molecule has 1 saturated carbocycles. The highest BCUT2D eigenvalue weighted by Crippen LogP contribution is 2.35. The maximum absolute atomic E-state index is 12.6. The number of benzene rings is 1. The van der Waals surface area contributed by atoms with E-state index in [2.05, 4.69) is 10.6 Å². The third-order valence-corrected chi connectivity index (χ3v) is 5.30. The van der Waals surface area contributed by atoms with E-state index in [9.17, 15) is 14.4 Å². The average molecular weight is 373 g/mol. The summed E-state index contributed by atoms with van der Waals surface area (Å²) in [5, 5.41) is 5.60. The van der Waals surface area contributed by atoms with Gasteiger partial charge in [0.25, 0.3) is 5.91 Å². The molecule has 0 unspecified atom stereocenters. The number of carbonyl (C=O) groups is 3. The van der Waals surface area contributed by atoms with E-state index in [1.807, 2.05) is 0 Å². The van der Waals surface area contributed by atoms with Crippen molar-refractivity contribution >= 4 is 23.5 Å². The van der Waals surface area contributed by atoms with Crippen LogP contribution in [0.4, 0.5) is 10.5 Å². The molecule has 0 atom stereocenters. The van der Waals surface area contributed by atoms with Crippen LogP contribution < -0.4 is 20.1 Å². The number of carbonyl (C=O) groups excluding carboxylic acids is 3. The molecule has 2 heterocycles. The van der Waals surface area contributed by atoms with Crippen molar-refractivity contribution in [3.05, 3.63) is 18.2 Å². The van der Waals surface area contributed by atoms with Crippen LogP contribution >= 0.6 is 0 Å². The second kappa shape index (κ2) is 7.09. The third kappa shape index (κ3) is 3.43. The molecule has 2 fully saturated rings. The lowest BCUT2D eigenvalue weighted by molar-refractivity contribution is -0.131. The summed E-state index contributed by atoms with van der Waals surface area (Å²) in [7, 11) is 0. The van der Waals surface area contributed by atoms with Crippen molar-refractivity contribution in [2.75, 3.05) is 25.1 Å². The van der Waals surface area contributed by atoms with E-state index in [1.165, 1.54) is 4.90 Å². The van der Waals surface area contributed by atoms with Gasteiger partial charge in [-0.3, -0.25) is 14.5 Å². The van der Waals surface area contributed by atoms with E-state index in [0.717, 1.165) is 19.3 Å². The molecule has 2 N–H and O–H groups in total. The Morgan fingerprint density at radius 3 is 2.63 bits per heavy atom.